The highest BCUT2D eigenvalue weighted by atomic mass is 16.3. The summed E-state index contributed by atoms with van der Waals surface area (Å²) < 4.78 is 0. The van der Waals surface area contributed by atoms with Gasteiger partial charge in [0.2, 0.25) is 0 Å². The fraction of sp³-hybridized carbons (Fsp3) is 0.500. The van der Waals surface area contributed by atoms with E-state index in [4.69, 9.17) is 0 Å². The van der Waals surface area contributed by atoms with Crippen molar-refractivity contribution in [3.63, 3.8) is 0 Å². The number of aromatic amines is 1. The third kappa shape index (κ3) is 4.88. The van der Waals surface area contributed by atoms with E-state index < -0.39 is 0 Å². The summed E-state index contributed by atoms with van der Waals surface area (Å²) in [5, 5.41) is 30.7. The van der Waals surface area contributed by atoms with Gasteiger partial charge in [-0.3, -0.25) is 5.10 Å². The number of nitrogens with one attached hydrogen (secondary N) is 2. The molecule has 3 heterocycles. The third-order valence-electron chi connectivity index (χ3n) is 6.59. The first-order valence-electron chi connectivity index (χ1n) is 11.7. The molecule has 0 atom stereocenters. The van der Waals surface area contributed by atoms with Crippen LogP contribution in [0.25, 0.3) is 22.4 Å². The van der Waals surface area contributed by atoms with E-state index in [-0.39, 0.29) is 22.7 Å². The minimum atomic E-state index is 0.0583. The van der Waals surface area contributed by atoms with Gasteiger partial charge in [0.1, 0.15) is 5.75 Å². The van der Waals surface area contributed by atoms with Gasteiger partial charge >= 0.3 is 0 Å². The van der Waals surface area contributed by atoms with Crippen LogP contribution < -0.4 is 10.2 Å². The number of hydrogen-bond acceptors (Lipinski definition) is 6. The van der Waals surface area contributed by atoms with E-state index in [1.165, 1.54) is 0 Å². The fourth-order valence-corrected chi connectivity index (χ4v) is 5.33. The molecule has 1 aliphatic heterocycles. The van der Waals surface area contributed by atoms with Crippen LogP contribution >= 0.6 is 0 Å². The van der Waals surface area contributed by atoms with Crippen LogP contribution in [0, 0.1) is 0 Å². The van der Waals surface area contributed by atoms with E-state index in [0.29, 0.717) is 11.7 Å². The van der Waals surface area contributed by atoms with E-state index >= 15 is 0 Å². The molecule has 0 saturated carbocycles. The maximum absolute atomic E-state index is 11.0. The Morgan fingerprint density at radius 3 is 2.27 bits per heavy atom. The number of piperidine rings is 1. The van der Waals surface area contributed by atoms with Gasteiger partial charge in [-0.15, -0.1) is 10.2 Å². The van der Waals surface area contributed by atoms with Crippen molar-refractivity contribution in [3.8, 4) is 28.1 Å². The van der Waals surface area contributed by atoms with Crippen molar-refractivity contribution in [2.45, 2.75) is 77.4 Å². The molecule has 1 aliphatic rings. The van der Waals surface area contributed by atoms with E-state index in [1.54, 1.807) is 12.3 Å². The van der Waals surface area contributed by atoms with Gasteiger partial charge in [0.25, 0.3) is 0 Å². The molecule has 7 nitrogen and oxygen atoms in total. The second-order valence-corrected chi connectivity index (χ2v) is 10.9. The number of benzene rings is 1. The van der Waals surface area contributed by atoms with Crippen molar-refractivity contribution in [3.05, 3.63) is 42.2 Å². The first-order chi connectivity index (χ1) is 15.5. The Kier molecular flexibility index (Phi) is 5.95. The molecule has 2 aromatic heterocycles. The SMILES string of the molecule is CC(C)c1cc(-c2cn[nH]c2)cc(O)c1-c1ccc(N(C)C2CC(C)(C)NC(C)(C)C2)nn1. The lowest BCUT2D eigenvalue weighted by Gasteiger charge is -2.49. The van der Waals surface area contributed by atoms with E-state index in [9.17, 15) is 5.11 Å². The van der Waals surface area contributed by atoms with Crippen molar-refractivity contribution < 1.29 is 5.11 Å². The number of phenolic OH excluding ortho intramolecular Hbond substituents is 1. The lowest BCUT2D eigenvalue weighted by molar-refractivity contribution is 0.160. The maximum atomic E-state index is 11.0. The van der Waals surface area contributed by atoms with E-state index in [1.807, 2.05) is 18.3 Å². The number of aromatic hydroxyl groups is 1. The zero-order chi connectivity index (χ0) is 24.0. The predicted molar refractivity (Wildman–Crippen MR) is 134 cm³/mol. The minimum Gasteiger partial charge on any atom is -0.507 e. The summed E-state index contributed by atoms with van der Waals surface area (Å²) >= 11 is 0. The number of H-pyrrole nitrogens is 1. The van der Waals surface area contributed by atoms with Gasteiger partial charge in [-0.2, -0.15) is 5.10 Å². The lowest BCUT2D eigenvalue weighted by atomic mass is 9.79. The van der Waals surface area contributed by atoms with Crippen LogP contribution in [0.2, 0.25) is 0 Å². The number of phenols is 1. The van der Waals surface area contributed by atoms with Crippen LogP contribution in [0.5, 0.6) is 5.75 Å². The summed E-state index contributed by atoms with van der Waals surface area (Å²) in [7, 11) is 2.10. The molecule has 33 heavy (non-hydrogen) atoms. The highest BCUT2D eigenvalue weighted by molar-refractivity contribution is 5.78. The second-order valence-electron chi connectivity index (χ2n) is 10.9. The molecule has 1 aromatic carbocycles. The van der Waals surface area contributed by atoms with E-state index in [0.717, 1.165) is 40.9 Å². The largest absolute Gasteiger partial charge is 0.507 e. The molecule has 0 amide bonds. The number of anilines is 1. The van der Waals surface area contributed by atoms with Crippen LogP contribution in [-0.2, 0) is 0 Å². The average molecular weight is 449 g/mol. The number of nitrogens with zero attached hydrogens (tertiary/aromatic N) is 4. The van der Waals surface area contributed by atoms with Gasteiger partial charge in [0, 0.05) is 41.5 Å². The summed E-state index contributed by atoms with van der Waals surface area (Å²) in [6, 6.07) is 8.22. The molecule has 0 radical (unpaired) electrons. The predicted octanol–water partition coefficient (Wildman–Crippen LogP) is 5.11. The Hall–Kier alpha value is -2.93. The molecule has 1 fully saturated rings. The molecule has 7 heteroatoms. The molecule has 1 saturated heterocycles. The summed E-state index contributed by atoms with van der Waals surface area (Å²) in [5.74, 6) is 1.26. The third-order valence-corrected chi connectivity index (χ3v) is 6.59. The topological polar surface area (TPSA) is 90.0 Å². The van der Waals surface area contributed by atoms with Crippen molar-refractivity contribution >= 4 is 5.82 Å². The van der Waals surface area contributed by atoms with Crippen LogP contribution in [0.4, 0.5) is 5.82 Å². The Bertz CT molecular complexity index is 1090. The Balaban J connectivity index is 1.64. The maximum Gasteiger partial charge on any atom is 0.151 e. The van der Waals surface area contributed by atoms with E-state index in [2.05, 4.69) is 85.3 Å². The minimum absolute atomic E-state index is 0.0583. The van der Waals surface area contributed by atoms with Crippen LogP contribution in [0.3, 0.4) is 0 Å². The van der Waals surface area contributed by atoms with Gasteiger partial charge in [-0.05, 0) is 81.8 Å². The summed E-state index contributed by atoms with van der Waals surface area (Å²) in [6.45, 7) is 13.3. The summed E-state index contributed by atoms with van der Waals surface area (Å²) in [6.07, 6.45) is 5.65. The molecule has 4 rings (SSSR count). The van der Waals surface area contributed by atoms with Crippen LogP contribution in [-0.4, -0.2) is 49.7 Å². The van der Waals surface area contributed by atoms with Gasteiger partial charge in [-0.1, -0.05) is 13.8 Å². The normalized spacial score (nSPS) is 17.9. The van der Waals surface area contributed by atoms with Crippen molar-refractivity contribution in [2.24, 2.45) is 0 Å². The second kappa shape index (κ2) is 8.45. The first kappa shape index (κ1) is 23.2. The standard InChI is InChI=1S/C26H36N6O/c1-16(2)20-10-17(18-14-27-28-15-18)11-22(33)24(20)21-8-9-23(30-29-21)32(7)19-12-25(3,4)31-26(5,6)13-19/h8-11,14-16,19,31,33H,12-13H2,1-7H3,(H,27,28). The molecule has 0 aliphatic carbocycles. The fourth-order valence-electron chi connectivity index (χ4n) is 5.33. The zero-order valence-electron chi connectivity index (χ0n) is 20.8. The smallest absolute Gasteiger partial charge is 0.151 e. The first-order valence-corrected chi connectivity index (χ1v) is 11.7. The average Bonchev–Trinajstić information content (AvgIpc) is 3.25. The molecule has 3 N–H and O–H groups in total. The molecule has 176 valence electrons. The van der Waals surface area contributed by atoms with Gasteiger partial charge in [0.05, 0.1) is 11.9 Å². The van der Waals surface area contributed by atoms with Gasteiger partial charge < -0.3 is 15.3 Å². The molecule has 0 bridgehead atoms. The van der Waals surface area contributed by atoms with Crippen LogP contribution in [0.15, 0.2) is 36.7 Å². The monoisotopic (exact) mass is 448 g/mol. The lowest BCUT2D eigenvalue weighted by Crippen LogP contribution is -2.62. The van der Waals surface area contributed by atoms with Crippen LogP contribution in [0.1, 0.15) is 65.9 Å². The number of hydrogen-bond donors (Lipinski definition) is 3. The van der Waals surface area contributed by atoms with Crippen molar-refractivity contribution in [2.75, 3.05) is 11.9 Å². The highest BCUT2D eigenvalue weighted by Crippen LogP contribution is 2.39. The molecular formula is C26H36N6O. The number of rotatable bonds is 5. The molecule has 0 unspecified atom stereocenters. The Morgan fingerprint density at radius 1 is 1.03 bits per heavy atom. The quantitative estimate of drug-likeness (QED) is 0.503. The van der Waals surface area contributed by atoms with Crippen molar-refractivity contribution in [1.82, 2.24) is 25.7 Å². The highest BCUT2D eigenvalue weighted by Gasteiger charge is 2.39. The molecular weight excluding hydrogens is 412 g/mol. The number of aromatic nitrogens is 4. The summed E-state index contributed by atoms with van der Waals surface area (Å²) in [5.41, 5.74) is 4.43. The van der Waals surface area contributed by atoms with Gasteiger partial charge in [-0.25, -0.2) is 0 Å². The molecule has 3 aromatic rings. The zero-order valence-corrected chi connectivity index (χ0v) is 20.8. The summed E-state index contributed by atoms with van der Waals surface area (Å²) in [4.78, 5) is 2.24. The van der Waals surface area contributed by atoms with Crippen molar-refractivity contribution in [1.29, 1.82) is 0 Å². The Labute approximate surface area is 196 Å². The van der Waals surface area contributed by atoms with Gasteiger partial charge in [0.15, 0.2) is 5.82 Å². The molecule has 0 spiro atoms. The Morgan fingerprint density at radius 2 is 1.73 bits per heavy atom.